The molecule has 0 spiro atoms. The largest absolute Gasteiger partial charge is 0.309 e. The van der Waals surface area contributed by atoms with Crippen molar-refractivity contribution in [1.29, 1.82) is 0 Å². The Kier molecular flexibility index (Phi) is 5.28. The van der Waals surface area contributed by atoms with Gasteiger partial charge in [0.1, 0.15) is 0 Å². The summed E-state index contributed by atoms with van der Waals surface area (Å²) in [6.45, 7) is 0. The minimum Gasteiger partial charge on any atom is -0.309 e. The summed E-state index contributed by atoms with van der Waals surface area (Å²) in [7, 11) is -3.08. The van der Waals surface area contributed by atoms with E-state index in [4.69, 9.17) is 4.98 Å². The van der Waals surface area contributed by atoms with Crippen LogP contribution in [0.3, 0.4) is 0 Å². The second-order valence-electron chi connectivity index (χ2n) is 9.11. The number of thiophene rings is 1. The molecule has 2 heterocycles. The maximum atomic E-state index is 15.0. The standard InChI is InChI=1S/C33H22NOPS/c35-36(24-13-3-1-4-14-24,25-15-5-2-6-16-25)26-17-11-12-23(22-26)32-33-31(27-18-7-9-20-29(27)34-32)28-19-8-10-21-30(28)37-33/h1-22H. The quantitative estimate of drug-likeness (QED) is 0.225. The van der Waals surface area contributed by atoms with Gasteiger partial charge in [0.15, 0.2) is 7.14 Å². The predicted molar refractivity (Wildman–Crippen MR) is 159 cm³/mol. The molecule has 0 unspecified atom stereocenters. The molecule has 0 bridgehead atoms. The van der Waals surface area contributed by atoms with Crippen molar-refractivity contribution in [1.82, 2.24) is 4.98 Å². The Morgan fingerprint density at radius 1 is 0.568 bits per heavy atom. The molecule has 0 N–H and O–H groups in total. The molecular weight excluding hydrogens is 489 g/mol. The molecule has 0 fully saturated rings. The first kappa shape index (κ1) is 22.2. The van der Waals surface area contributed by atoms with E-state index in [0.717, 1.165) is 42.8 Å². The fourth-order valence-corrected chi connectivity index (χ4v) is 9.13. The third-order valence-corrected chi connectivity index (χ3v) is 11.2. The summed E-state index contributed by atoms with van der Waals surface area (Å²) >= 11 is 1.77. The van der Waals surface area contributed by atoms with Gasteiger partial charge < -0.3 is 4.57 Å². The van der Waals surface area contributed by atoms with E-state index in [2.05, 4.69) is 54.6 Å². The lowest BCUT2D eigenvalue weighted by atomic mass is 10.0. The summed E-state index contributed by atoms with van der Waals surface area (Å²) in [5.41, 5.74) is 2.88. The zero-order valence-electron chi connectivity index (χ0n) is 19.9. The number of rotatable bonds is 4. The highest BCUT2D eigenvalue weighted by Gasteiger charge is 2.30. The minimum absolute atomic E-state index is 0.812. The molecule has 7 aromatic rings. The zero-order chi connectivity index (χ0) is 24.8. The predicted octanol–water partition coefficient (Wildman–Crippen LogP) is 7.91. The van der Waals surface area contributed by atoms with Gasteiger partial charge in [-0.3, -0.25) is 0 Å². The third kappa shape index (κ3) is 3.54. The molecule has 0 radical (unpaired) electrons. The van der Waals surface area contributed by atoms with Crippen molar-refractivity contribution in [2.45, 2.75) is 0 Å². The Morgan fingerprint density at radius 3 is 1.89 bits per heavy atom. The molecule has 0 amide bonds. The molecule has 5 aromatic carbocycles. The van der Waals surface area contributed by atoms with Crippen LogP contribution in [0.15, 0.2) is 133 Å². The molecule has 7 rings (SSSR count). The van der Waals surface area contributed by atoms with Crippen molar-refractivity contribution >= 4 is 65.5 Å². The third-order valence-electron chi connectivity index (χ3n) is 6.94. The highest BCUT2D eigenvalue weighted by molar-refractivity contribution is 7.85. The van der Waals surface area contributed by atoms with Crippen molar-refractivity contribution in [3.8, 4) is 11.3 Å². The molecule has 0 aliphatic carbocycles. The highest BCUT2D eigenvalue weighted by Crippen LogP contribution is 2.45. The average molecular weight is 512 g/mol. The molecule has 2 aromatic heterocycles. The lowest BCUT2D eigenvalue weighted by molar-refractivity contribution is 0.592. The van der Waals surface area contributed by atoms with Gasteiger partial charge in [-0.15, -0.1) is 11.3 Å². The van der Waals surface area contributed by atoms with Crippen LogP contribution in [0.25, 0.3) is 42.3 Å². The van der Waals surface area contributed by atoms with Crippen molar-refractivity contribution in [3.05, 3.63) is 133 Å². The molecule has 0 saturated heterocycles. The van der Waals surface area contributed by atoms with Gasteiger partial charge in [0.25, 0.3) is 0 Å². The van der Waals surface area contributed by atoms with E-state index < -0.39 is 7.14 Å². The molecular formula is C33H22NOPS. The number of fused-ring (bicyclic) bond motifs is 5. The summed E-state index contributed by atoms with van der Waals surface area (Å²) in [4.78, 5) is 5.16. The maximum Gasteiger partial charge on any atom is 0.171 e. The lowest BCUT2D eigenvalue weighted by Crippen LogP contribution is -2.25. The topological polar surface area (TPSA) is 30.0 Å². The fourth-order valence-electron chi connectivity index (χ4n) is 5.20. The normalized spacial score (nSPS) is 11.9. The molecule has 0 aliphatic rings. The summed E-state index contributed by atoms with van der Waals surface area (Å²) in [5.74, 6) is 0. The minimum atomic E-state index is -3.08. The Balaban J connectivity index is 1.52. The van der Waals surface area contributed by atoms with E-state index in [1.54, 1.807) is 11.3 Å². The summed E-state index contributed by atoms with van der Waals surface area (Å²) < 4.78 is 17.4. The van der Waals surface area contributed by atoms with E-state index in [1.165, 1.54) is 15.5 Å². The summed E-state index contributed by atoms with van der Waals surface area (Å²) in [6.07, 6.45) is 0. The van der Waals surface area contributed by atoms with Crippen LogP contribution in [-0.2, 0) is 4.57 Å². The average Bonchev–Trinajstić information content (AvgIpc) is 3.37. The second-order valence-corrected chi connectivity index (χ2v) is 12.9. The Hall–Kier alpha value is -4.04. The number of benzene rings is 5. The van der Waals surface area contributed by atoms with Crippen LogP contribution in [0.4, 0.5) is 0 Å². The number of aromatic nitrogens is 1. The number of nitrogens with zero attached hydrogens (tertiary/aromatic N) is 1. The van der Waals surface area contributed by atoms with Gasteiger partial charge in [-0.2, -0.15) is 0 Å². The Labute approximate surface area is 219 Å². The first-order valence-electron chi connectivity index (χ1n) is 12.3. The van der Waals surface area contributed by atoms with E-state index in [-0.39, 0.29) is 0 Å². The molecule has 37 heavy (non-hydrogen) atoms. The van der Waals surface area contributed by atoms with Crippen LogP contribution in [0.1, 0.15) is 0 Å². The van der Waals surface area contributed by atoms with Crippen molar-refractivity contribution in [2.75, 3.05) is 0 Å². The maximum absolute atomic E-state index is 15.0. The fraction of sp³-hybridized carbons (Fsp3) is 0. The van der Waals surface area contributed by atoms with Crippen LogP contribution < -0.4 is 15.9 Å². The van der Waals surface area contributed by atoms with Crippen molar-refractivity contribution in [3.63, 3.8) is 0 Å². The number of pyridine rings is 1. The molecule has 0 aliphatic heterocycles. The van der Waals surface area contributed by atoms with Gasteiger partial charge in [0, 0.05) is 42.3 Å². The molecule has 2 nitrogen and oxygen atoms in total. The van der Waals surface area contributed by atoms with Crippen LogP contribution in [-0.4, -0.2) is 4.98 Å². The van der Waals surface area contributed by atoms with Crippen molar-refractivity contribution < 1.29 is 4.57 Å². The molecule has 0 saturated carbocycles. The van der Waals surface area contributed by atoms with Crippen LogP contribution in [0, 0.1) is 0 Å². The van der Waals surface area contributed by atoms with Gasteiger partial charge in [0.2, 0.25) is 0 Å². The first-order valence-corrected chi connectivity index (χ1v) is 14.8. The van der Waals surface area contributed by atoms with E-state index >= 15 is 4.57 Å². The van der Waals surface area contributed by atoms with Crippen LogP contribution >= 0.6 is 18.5 Å². The number of hydrogen-bond acceptors (Lipinski definition) is 3. The Morgan fingerprint density at radius 2 is 1.16 bits per heavy atom. The van der Waals surface area contributed by atoms with Gasteiger partial charge in [-0.25, -0.2) is 4.98 Å². The first-order chi connectivity index (χ1) is 18.2. The van der Waals surface area contributed by atoms with Gasteiger partial charge >= 0.3 is 0 Å². The van der Waals surface area contributed by atoms with Gasteiger partial charge in [-0.1, -0.05) is 115 Å². The summed E-state index contributed by atoms with van der Waals surface area (Å²) in [6, 6.07) is 44.7. The Bertz CT molecular complexity index is 1920. The lowest BCUT2D eigenvalue weighted by Gasteiger charge is -2.20. The van der Waals surface area contributed by atoms with E-state index in [9.17, 15) is 0 Å². The van der Waals surface area contributed by atoms with Crippen LogP contribution in [0.2, 0.25) is 0 Å². The number of hydrogen-bond donors (Lipinski definition) is 0. The van der Waals surface area contributed by atoms with Crippen LogP contribution in [0.5, 0.6) is 0 Å². The number of para-hydroxylation sites is 1. The SMILES string of the molecule is O=P(c1ccccc1)(c1ccccc1)c1cccc(-c2nc3ccccc3c3c2sc2ccccc23)c1. The molecule has 4 heteroatoms. The van der Waals surface area contributed by atoms with Crippen molar-refractivity contribution in [2.24, 2.45) is 0 Å². The zero-order valence-corrected chi connectivity index (χ0v) is 21.6. The smallest absolute Gasteiger partial charge is 0.171 e. The second kappa shape index (κ2) is 8.81. The van der Waals surface area contributed by atoms with Gasteiger partial charge in [0.05, 0.1) is 15.9 Å². The van der Waals surface area contributed by atoms with E-state index in [0.29, 0.717) is 0 Å². The highest BCUT2D eigenvalue weighted by atomic mass is 32.1. The molecule has 0 atom stereocenters. The summed E-state index contributed by atoms with van der Waals surface area (Å²) in [5, 5.41) is 6.12. The monoisotopic (exact) mass is 511 g/mol. The van der Waals surface area contributed by atoms with Gasteiger partial charge in [-0.05, 0) is 18.2 Å². The van der Waals surface area contributed by atoms with E-state index in [1.807, 2.05) is 78.9 Å². The molecule has 176 valence electrons.